The topological polar surface area (TPSA) is 64.5 Å². The van der Waals surface area contributed by atoms with Crippen LogP contribution in [0, 0.1) is 0 Å². The molecule has 0 saturated carbocycles. The molecule has 0 aromatic carbocycles. The Morgan fingerprint density at radius 3 is 2.17 bits per heavy atom. The molecule has 6 nitrogen and oxygen atoms in total. The van der Waals surface area contributed by atoms with Crippen LogP contribution in [0.1, 0.15) is 39.4 Å². The second-order valence-electron chi connectivity index (χ2n) is 6.52. The van der Waals surface area contributed by atoms with Crippen molar-refractivity contribution in [2.45, 2.75) is 51.5 Å². The number of amides is 1. The number of hydrogen-bond acceptors (Lipinski definition) is 5. The van der Waals surface area contributed by atoms with Crippen molar-refractivity contribution < 1.29 is 27.4 Å². The van der Waals surface area contributed by atoms with E-state index in [1.54, 1.807) is 25.7 Å². The van der Waals surface area contributed by atoms with Crippen molar-refractivity contribution in [1.82, 2.24) is 14.9 Å². The molecular formula is C15H20F3N3O3. The first-order valence-corrected chi connectivity index (χ1v) is 7.58. The Morgan fingerprint density at radius 1 is 1.17 bits per heavy atom. The molecule has 1 aliphatic rings. The van der Waals surface area contributed by atoms with Gasteiger partial charge in [-0.15, -0.1) is 0 Å². The van der Waals surface area contributed by atoms with Crippen molar-refractivity contribution in [2.24, 2.45) is 0 Å². The summed E-state index contributed by atoms with van der Waals surface area (Å²) in [5.41, 5.74) is -0.554. The average Bonchev–Trinajstić information content (AvgIpc) is 2.46. The van der Waals surface area contributed by atoms with Crippen molar-refractivity contribution in [2.75, 3.05) is 13.1 Å². The molecule has 9 heteroatoms. The molecule has 1 aliphatic heterocycles. The molecule has 1 amide bonds. The number of carbonyl (C=O) groups excluding carboxylic acids is 1. The smallest absolute Gasteiger partial charge is 0.451 e. The summed E-state index contributed by atoms with van der Waals surface area (Å²) in [6, 6.07) is 0. The highest BCUT2D eigenvalue weighted by atomic mass is 19.4. The Morgan fingerprint density at radius 2 is 1.71 bits per heavy atom. The van der Waals surface area contributed by atoms with Gasteiger partial charge in [0, 0.05) is 25.9 Å². The third kappa shape index (κ3) is 5.24. The van der Waals surface area contributed by atoms with Crippen molar-refractivity contribution in [1.29, 1.82) is 0 Å². The summed E-state index contributed by atoms with van der Waals surface area (Å²) < 4.78 is 48.1. The van der Waals surface area contributed by atoms with Crippen LogP contribution in [-0.4, -0.2) is 45.8 Å². The lowest BCUT2D eigenvalue weighted by Gasteiger charge is -2.33. The fourth-order valence-electron chi connectivity index (χ4n) is 2.20. The van der Waals surface area contributed by atoms with Crippen LogP contribution in [0.4, 0.5) is 18.0 Å². The van der Waals surface area contributed by atoms with Crippen LogP contribution in [0.15, 0.2) is 12.4 Å². The Bertz CT molecular complexity index is 562. The van der Waals surface area contributed by atoms with E-state index in [0.717, 1.165) is 12.4 Å². The molecule has 1 aromatic rings. The van der Waals surface area contributed by atoms with E-state index in [2.05, 4.69) is 9.97 Å². The summed E-state index contributed by atoms with van der Waals surface area (Å²) in [5, 5.41) is 0. The molecule has 1 fully saturated rings. The minimum absolute atomic E-state index is 0.179. The molecule has 0 N–H and O–H groups in total. The maximum absolute atomic E-state index is 12.4. The molecule has 24 heavy (non-hydrogen) atoms. The molecule has 0 bridgehead atoms. The normalized spacial score (nSPS) is 16.8. The molecule has 134 valence electrons. The van der Waals surface area contributed by atoms with E-state index in [0.29, 0.717) is 25.9 Å². The molecule has 1 aromatic heterocycles. The van der Waals surface area contributed by atoms with Gasteiger partial charge in [-0.1, -0.05) is 0 Å². The SMILES string of the molecule is CC(C)(C)OC(=O)N1CCC(Oc2cnc(C(F)(F)F)nc2)CC1. The number of ether oxygens (including phenoxy) is 2. The molecule has 1 saturated heterocycles. The minimum atomic E-state index is -4.57. The molecular weight excluding hydrogens is 327 g/mol. The zero-order valence-corrected chi connectivity index (χ0v) is 13.8. The van der Waals surface area contributed by atoms with Crippen molar-refractivity contribution in [3.8, 4) is 5.75 Å². The third-order valence-corrected chi connectivity index (χ3v) is 3.28. The summed E-state index contributed by atoms with van der Waals surface area (Å²) in [5.74, 6) is -1.02. The van der Waals surface area contributed by atoms with Crippen molar-refractivity contribution in [3.05, 3.63) is 18.2 Å². The van der Waals surface area contributed by atoms with Gasteiger partial charge in [0.1, 0.15) is 11.7 Å². The standard InChI is InChI=1S/C15H20F3N3O3/c1-14(2,3)24-13(22)21-6-4-10(5-7-21)23-11-8-19-12(20-9-11)15(16,17)18/h8-10H,4-7H2,1-3H3. The quantitative estimate of drug-likeness (QED) is 0.821. The number of halogens is 3. The van der Waals surface area contributed by atoms with E-state index in [-0.39, 0.29) is 17.9 Å². The molecule has 0 unspecified atom stereocenters. The zero-order valence-electron chi connectivity index (χ0n) is 13.8. The van der Waals surface area contributed by atoms with Gasteiger partial charge in [-0.25, -0.2) is 14.8 Å². The van der Waals surface area contributed by atoms with Gasteiger partial charge in [-0.2, -0.15) is 13.2 Å². The Kier molecular flexibility index (Phi) is 5.19. The van der Waals surface area contributed by atoms with Gasteiger partial charge in [0.2, 0.25) is 5.82 Å². The molecule has 0 atom stereocenters. The number of nitrogens with zero attached hydrogens (tertiary/aromatic N) is 3. The number of piperidine rings is 1. The Balaban J connectivity index is 1.84. The summed E-state index contributed by atoms with van der Waals surface area (Å²) in [6.07, 6.45) is -2.02. The van der Waals surface area contributed by atoms with Gasteiger partial charge in [0.15, 0.2) is 5.75 Å². The molecule has 2 heterocycles. The lowest BCUT2D eigenvalue weighted by Crippen LogP contribution is -2.44. The predicted octanol–water partition coefficient (Wildman–Crippen LogP) is 3.27. The van der Waals surface area contributed by atoms with Gasteiger partial charge < -0.3 is 14.4 Å². The first kappa shape index (κ1) is 18.3. The van der Waals surface area contributed by atoms with Crippen LogP contribution in [0.3, 0.4) is 0 Å². The number of alkyl halides is 3. The lowest BCUT2D eigenvalue weighted by atomic mass is 10.1. The van der Waals surface area contributed by atoms with E-state index in [1.807, 2.05) is 0 Å². The minimum Gasteiger partial charge on any atom is -0.487 e. The monoisotopic (exact) mass is 347 g/mol. The predicted molar refractivity (Wildman–Crippen MR) is 78.5 cm³/mol. The van der Waals surface area contributed by atoms with Crippen LogP contribution in [0.25, 0.3) is 0 Å². The number of carbonyl (C=O) groups is 1. The molecule has 0 aliphatic carbocycles. The fourth-order valence-corrected chi connectivity index (χ4v) is 2.20. The number of aromatic nitrogens is 2. The van der Waals surface area contributed by atoms with Gasteiger partial charge in [-0.05, 0) is 20.8 Å². The van der Waals surface area contributed by atoms with Crippen molar-refractivity contribution in [3.63, 3.8) is 0 Å². The molecule has 0 spiro atoms. The van der Waals surface area contributed by atoms with Gasteiger partial charge in [0.25, 0.3) is 0 Å². The summed E-state index contributed by atoms with van der Waals surface area (Å²) in [6.45, 7) is 6.31. The Labute approximate surface area is 138 Å². The number of hydrogen-bond donors (Lipinski definition) is 0. The van der Waals surface area contributed by atoms with Crippen LogP contribution >= 0.6 is 0 Å². The number of likely N-dealkylation sites (tertiary alicyclic amines) is 1. The highest BCUT2D eigenvalue weighted by Gasteiger charge is 2.34. The first-order chi connectivity index (χ1) is 11.0. The summed E-state index contributed by atoms with van der Waals surface area (Å²) in [4.78, 5) is 20.0. The van der Waals surface area contributed by atoms with E-state index in [9.17, 15) is 18.0 Å². The van der Waals surface area contributed by atoms with E-state index < -0.39 is 17.6 Å². The highest BCUT2D eigenvalue weighted by Crippen LogP contribution is 2.27. The maximum Gasteiger partial charge on any atom is 0.451 e. The van der Waals surface area contributed by atoms with E-state index in [4.69, 9.17) is 9.47 Å². The second-order valence-corrected chi connectivity index (χ2v) is 6.52. The first-order valence-electron chi connectivity index (χ1n) is 7.58. The third-order valence-electron chi connectivity index (χ3n) is 3.28. The second kappa shape index (κ2) is 6.82. The van der Waals surface area contributed by atoms with Gasteiger partial charge >= 0.3 is 12.3 Å². The summed E-state index contributed by atoms with van der Waals surface area (Å²) >= 11 is 0. The maximum atomic E-state index is 12.4. The summed E-state index contributed by atoms with van der Waals surface area (Å²) in [7, 11) is 0. The van der Waals surface area contributed by atoms with Crippen LogP contribution in [0.2, 0.25) is 0 Å². The van der Waals surface area contributed by atoms with Gasteiger partial charge in [0.05, 0.1) is 12.4 Å². The lowest BCUT2D eigenvalue weighted by molar-refractivity contribution is -0.145. The number of rotatable bonds is 2. The van der Waals surface area contributed by atoms with E-state index >= 15 is 0 Å². The van der Waals surface area contributed by atoms with Crippen LogP contribution in [-0.2, 0) is 10.9 Å². The Hall–Kier alpha value is -2.06. The zero-order chi connectivity index (χ0) is 18.0. The molecule has 0 radical (unpaired) electrons. The van der Waals surface area contributed by atoms with Crippen molar-refractivity contribution >= 4 is 6.09 Å². The van der Waals surface area contributed by atoms with Crippen LogP contribution in [0.5, 0.6) is 5.75 Å². The van der Waals surface area contributed by atoms with Crippen LogP contribution < -0.4 is 4.74 Å². The van der Waals surface area contributed by atoms with Gasteiger partial charge in [-0.3, -0.25) is 0 Å². The average molecular weight is 347 g/mol. The largest absolute Gasteiger partial charge is 0.487 e. The van der Waals surface area contributed by atoms with E-state index in [1.165, 1.54) is 0 Å². The fraction of sp³-hybridized carbons (Fsp3) is 0.667. The molecule has 2 rings (SSSR count). The highest BCUT2D eigenvalue weighted by molar-refractivity contribution is 5.68.